The minimum atomic E-state index is -0.0546. The average molecular weight is 416 g/mol. The van der Waals surface area contributed by atoms with Gasteiger partial charge < -0.3 is 9.88 Å². The Morgan fingerprint density at radius 3 is 2.70 bits per heavy atom. The fraction of sp³-hybridized carbons (Fsp3) is 0.217. The molecule has 4 aromatic heterocycles. The van der Waals surface area contributed by atoms with Gasteiger partial charge in [-0.15, -0.1) is 0 Å². The zero-order chi connectivity index (χ0) is 20.3. The summed E-state index contributed by atoms with van der Waals surface area (Å²) in [4.78, 5) is 26.0. The number of hydrogen-bond donors (Lipinski definition) is 1. The van der Waals surface area contributed by atoms with Gasteiger partial charge in [0.05, 0.1) is 0 Å². The summed E-state index contributed by atoms with van der Waals surface area (Å²) in [6, 6.07) is 7.77. The molecule has 0 bridgehead atoms. The molecular weight excluding hydrogens is 394 g/mol. The third kappa shape index (κ3) is 4.16. The van der Waals surface area contributed by atoms with Crippen molar-refractivity contribution in [2.24, 2.45) is 5.92 Å². The highest BCUT2D eigenvalue weighted by atomic mass is 32.1. The Kier molecular flexibility index (Phi) is 5.11. The Hall–Kier alpha value is -3.32. The summed E-state index contributed by atoms with van der Waals surface area (Å²) >= 11 is 1.63. The van der Waals surface area contributed by atoms with Crippen molar-refractivity contribution in [3.05, 3.63) is 77.3 Å². The molecule has 0 spiro atoms. The van der Waals surface area contributed by atoms with E-state index >= 15 is 0 Å². The van der Waals surface area contributed by atoms with E-state index in [1.807, 2.05) is 35.8 Å². The average Bonchev–Trinajstić information content (AvgIpc) is 3.27. The van der Waals surface area contributed by atoms with E-state index < -0.39 is 0 Å². The van der Waals surface area contributed by atoms with E-state index in [1.165, 1.54) is 12.8 Å². The summed E-state index contributed by atoms with van der Waals surface area (Å²) < 4.78 is 2.07. The second-order valence-electron chi connectivity index (χ2n) is 7.56. The van der Waals surface area contributed by atoms with Crippen LogP contribution in [-0.2, 0) is 13.1 Å². The lowest BCUT2D eigenvalue weighted by molar-refractivity contribution is 0.0941. The molecule has 1 aliphatic rings. The van der Waals surface area contributed by atoms with E-state index in [2.05, 4.69) is 30.2 Å². The molecule has 4 aromatic rings. The van der Waals surface area contributed by atoms with Gasteiger partial charge >= 0.3 is 0 Å². The van der Waals surface area contributed by atoms with Crippen LogP contribution in [0.15, 0.2) is 66.0 Å². The summed E-state index contributed by atoms with van der Waals surface area (Å²) in [6.45, 7) is 1.41. The van der Waals surface area contributed by atoms with E-state index in [9.17, 15) is 4.79 Å². The van der Waals surface area contributed by atoms with E-state index in [4.69, 9.17) is 0 Å². The van der Waals surface area contributed by atoms with E-state index in [-0.39, 0.29) is 5.91 Å². The SMILES string of the molecule is O=C(NCc1ccsc1)c1cc(-c2cnc(-c3cccnc3)nc2)cn1CC1CC1. The van der Waals surface area contributed by atoms with Gasteiger partial charge in [-0.2, -0.15) is 11.3 Å². The number of amides is 1. The zero-order valence-electron chi connectivity index (χ0n) is 16.4. The van der Waals surface area contributed by atoms with Crippen molar-refractivity contribution < 1.29 is 4.79 Å². The number of carbonyl (C=O) groups is 1. The Labute approximate surface area is 178 Å². The first kappa shape index (κ1) is 18.7. The Balaban J connectivity index is 1.39. The van der Waals surface area contributed by atoms with Crippen molar-refractivity contribution in [2.45, 2.75) is 25.9 Å². The molecule has 0 saturated heterocycles. The molecule has 5 rings (SSSR count). The van der Waals surface area contributed by atoms with Crippen LogP contribution in [-0.4, -0.2) is 25.4 Å². The molecule has 1 N–H and O–H groups in total. The molecule has 0 atom stereocenters. The maximum atomic E-state index is 12.9. The molecule has 0 unspecified atom stereocenters. The molecule has 150 valence electrons. The maximum Gasteiger partial charge on any atom is 0.268 e. The van der Waals surface area contributed by atoms with Gasteiger partial charge in [0.1, 0.15) is 5.69 Å². The van der Waals surface area contributed by atoms with Gasteiger partial charge in [0.2, 0.25) is 0 Å². The number of aromatic nitrogens is 4. The number of pyridine rings is 1. The fourth-order valence-corrected chi connectivity index (χ4v) is 4.04. The van der Waals surface area contributed by atoms with Gasteiger partial charge in [0, 0.05) is 60.8 Å². The third-order valence-corrected chi connectivity index (χ3v) is 5.95. The molecule has 1 fully saturated rings. The smallest absolute Gasteiger partial charge is 0.268 e. The predicted octanol–water partition coefficient (Wildman–Crippen LogP) is 4.41. The van der Waals surface area contributed by atoms with Crippen molar-refractivity contribution in [1.29, 1.82) is 0 Å². The number of hydrogen-bond acceptors (Lipinski definition) is 5. The highest BCUT2D eigenvalue weighted by Crippen LogP contribution is 2.32. The number of rotatable bonds is 7. The van der Waals surface area contributed by atoms with Crippen molar-refractivity contribution in [3.63, 3.8) is 0 Å². The largest absolute Gasteiger partial charge is 0.347 e. The third-order valence-electron chi connectivity index (χ3n) is 5.22. The fourth-order valence-electron chi connectivity index (χ4n) is 3.38. The Morgan fingerprint density at radius 2 is 2.00 bits per heavy atom. The van der Waals surface area contributed by atoms with Crippen LogP contribution in [0, 0.1) is 5.92 Å². The summed E-state index contributed by atoms with van der Waals surface area (Å²) in [5, 5.41) is 7.11. The van der Waals surface area contributed by atoms with Crippen LogP contribution in [0.4, 0.5) is 0 Å². The topological polar surface area (TPSA) is 72.7 Å². The van der Waals surface area contributed by atoms with Crippen LogP contribution >= 0.6 is 11.3 Å². The second-order valence-corrected chi connectivity index (χ2v) is 8.34. The molecule has 30 heavy (non-hydrogen) atoms. The summed E-state index contributed by atoms with van der Waals surface area (Å²) in [5.41, 5.74) is 4.53. The van der Waals surface area contributed by atoms with E-state index in [1.54, 1.807) is 36.1 Å². The normalized spacial score (nSPS) is 13.3. The number of thiophene rings is 1. The van der Waals surface area contributed by atoms with Gasteiger partial charge in [0.15, 0.2) is 5.82 Å². The number of nitrogens with zero attached hydrogens (tertiary/aromatic N) is 4. The van der Waals surface area contributed by atoms with Crippen molar-refractivity contribution in [3.8, 4) is 22.5 Å². The van der Waals surface area contributed by atoms with Crippen LogP contribution < -0.4 is 5.32 Å². The Bertz CT molecular complexity index is 1130. The summed E-state index contributed by atoms with van der Waals surface area (Å²) in [7, 11) is 0. The van der Waals surface area contributed by atoms with Gasteiger partial charge in [0.25, 0.3) is 5.91 Å². The van der Waals surface area contributed by atoms with Crippen molar-refractivity contribution in [2.75, 3.05) is 0 Å². The predicted molar refractivity (Wildman–Crippen MR) is 117 cm³/mol. The molecule has 7 heteroatoms. The van der Waals surface area contributed by atoms with E-state index in [0.717, 1.165) is 28.8 Å². The number of nitrogens with one attached hydrogen (secondary N) is 1. The highest BCUT2D eigenvalue weighted by Gasteiger charge is 2.24. The monoisotopic (exact) mass is 415 g/mol. The first-order valence-corrected chi connectivity index (χ1v) is 10.9. The summed E-state index contributed by atoms with van der Waals surface area (Å²) in [6.07, 6.45) is 11.6. The second kappa shape index (κ2) is 8.20. The minimum absolute atomic E-state index is 0.0546. The minimum Gasteiger partial charge on any atom is -0.347 e. The first-order chi connectivity index (χ1) is 14.8. The molecule has 1 amide bonds. The van der Waals surface area contributed by atoms with Gasteiger partial charge in [-0.25, -0.2) is 9.97 Å². The maximum absolute atomic E-state index is 12.9. The highest BCUT2D eigenvalue weighted by molar-refractivity contribution is 7.07. The molecule has 4 heterocycles. The molecular formula is C23H21N5OS. The lowest BCUT2D eigenvalue weighted by atomic mass is 10.1. The molecule has 0 aromatic carbocycles. The standard InChI is InChI=1S/C23H21N5OS/c29-23(27-9-17-5-7-30-15-17)21-8-19(14-28(21)13-16-3-4-16)20-11-25-22(26-12-20)18-2-1-6-24-10-18/h1-2,5-8,10-12,14-16H,3-4,9,13H2,(H,27,29). The van der Waals surface area contributed by atoms with Crippen LogP contribution in [0.5, 0.6) is 0 Å². The van der Waals surface area contributed by atoms with Gasteiger partial charge in [-0.1, -0.05) is 0 Å². The van der Waals surface area contributed by atoms with Gasteiger partial charge in [-0.05, 0) is 59.3 Å². The molecule has 6 nitrogen and oxygen atoms in total. The van der Waals surface area contributed by atoms with Gasteiger partial charge in [-0.3, -0.25) is 9.78 Å². The molecule has 0 radical (unpaired) electrons. The van der Waals surface area contributed by atoms with Crippen LogP contribution in [0.3, 0.4) is 0 Å². The quantitative estimate of drug-likeness (QED) is 0.485. The van der Waals surface area contributed by atoms with Crippen LogP contribution in [0.1, 0.15) is 28.9 Å². The molecule has 1 saturated carbocycles. The molecule has 0 aliphatic heterocycles. The zero-order valence-corrected chi connectivity index (χ0v) is 17.2. The lowest BCUT2D eigenvalue weighted by Crippen LogP contribution is -2.25. The number of carbonyl (C=O) groups excluding carboxylic acids is 1. The molecule has 1 aliphatic carbocycles. The van der Waals surface area contributed by atoms with E-state index in [0.29, 0.717) is 24.0 Å². The van der Waals surface area contributed by atoms with Crippen LogP contribution in [0.25, 0.3) is 22.5 Å². The Morgan fingerprint density at radius 1 is 1.13 bits per heavy atom. The lowest BCUT2D eigenvalue weighted by Gasteiger charge is -2.08. The summed E-state index contributed by atoms with van der Waals surface area (Å²) in [5.74, 6) is 1.25. The van der Waals surface area contributed by atoms with Crippen molar-refractivity contribution >= 4 is 17.2 Å². The van der Waals surface area contributed by atoms with Crippen LogP contribution in [0.2, 0.25) is 0 Å². The first-order valence-electron chi connectivity index (χ1n) is 9.98. The van der Waals surface area contributed by atoms with Crippen molar-refractivity contribution in [1.82, 2.24) is 24.8 Å².